The van der Waals surface area contributed by atoms with E-state index in [0.717, 1.165) is 4.47 Å². The number of aromatic nitrogens is 1. The molecule has 1 amide bonds. The van der Waals surface area contributed by atoms with Gasteiger partial charge >= 0.3 is 5.97 Å². The molecule has 0 aliphatic rings. The van der Waals surface area contributed by atoms with Crippen LogP contribution in [0, 0.1) is 10.1 Å². The summed E-state index contributed by atoms with van der Waals surface area (Å²) < 4.78 is 11.9. The molecule has 0 fully saturated rings. The number of H-pyrrole nitrogens is 1. The summed E-state index contributed by atoms with van der Waals surface area (Å²) in [5.74, 6) is -0.843. The SMILES string of the molecule is CCOc1cc(C=NNC(=O)c2[nH]c3c(Cl)cc(Br)cc3c2-c2ccccc2Cl)ccc1OC(=O)c1ccc([N+](=O)[O-])cc1. The minimum absolute atomic E-state index is 0.133. The summed E-state index contributed by atoms with van der Waals surface area (Å²) in [7, 11) is 0. The second kappa shape index (κ2) is 13.3. The summed E-state index contributed by atoms with van der Waals surface area (Å²) >= 11 is 16.4. The van der Waals surface area contributed by atoms with Crippen molar-refractivity contribution in [1.29, 1.82) is 0 Å². The summed E-state index contributed by atoms with van der Waals surface area (Å²) in [6.07, 6.45) is 1.41. The van der Waals surface area contributed by atoms with Gasteiger partial charge in [-0.05, 0) is 61.0 Å². The van der Waals surface area contributed by atoms with Crippen molar-refractivity contribution in [1.82, 2.24) is 10.4 Å². The molecule has 1 heterocycles. The van der Waals surface area contributed by atoms with Crippen molar-refractivity contribution in [2.45, 2.75) is 6.92 Å². The average molecular weight is 696 g/mol. The molecule has 4 aromatic carbocycles. The molecule has 0 unspecified atom stereocenters. The number of nitro groups is 1. The average Bonchev–Trinajstić information content (AvgIpc) is 3.38. The molecule has 0 aliphatic carbocycles. The van der Waals surface area contributed by atoms with E-state index >= 15 is 0 Å². The lowest BCUT2D eigenvalue weighted by Gasteiger charge is -2.11. The summed E-state index contributed by atoms with van der Waals surface area (Å²) in [5.41, 5.74) is 5.06. The standard InChI is InChI=1S/C31H21BrCl2N4O6/c1-2-43-26-13-17(7-12-25(26)44-31(40)18-8-10-20(11-9-18)38(41)42)16-35-37-30(39)29-27(21-5-3-4-6-23(21)33)22-14-19(32)15-24(34)28(22)36-29/h3-16,36H,2H2,1H3,(H,37,39). The number of amides is 1. The van der Waals surface area contributed by atoms with E-state index in [1.54, 1.807) is 37.3 Å². The Balaban J connectivity index is 1.37. The Bertz CT molecular complexity index is 1940. The fraction of sp³-hybridized carbons (Fsp3) is 0.0645. The van der Waals surface area contributed by atoms with Crippen LogP contribution >= 0.6 is 39.1 Å². The smallest absolute Gasteiger partial charge is 0.343 e. The number of non-ortho nitro benzene ring substituents is 1. The van der Waals surface area contributed by atoms with Gasteiger partial charge in [0, 0.05) is 38.1 Å². The van der Waals surface area contributed by atoms with Gasteiger partial charge in [-0.3, -0.25) is 14.9 Å². The maximum atomic E-state index is 13.4. The highest BCUT2D eigenvalue weighted by Gasteiger charge is 2.22. The number of nitrogens with zero attached hydrogens (tertiary/aromatic N) is 2. The first kappa shape index (κ1) is 30.7. The molecule has 13 heteroatoms. The van der Waals surface area contributed by atoms with Gasteiger partial charge in [-0.15, -0.1) is 0 Å². The Hall–Kier alpha value is -4.71. The Morgan fingerprint density at radius 3 is 2.48 bits per heavy atom. The van der Waals surface area contributed by atoms with Crippen LogP contribution in [0.3, 0.4) is 0 Å². The highest BCUT2D eigenvalue weighted by Crippen LogP contribution is 2.40. The number of benzene rings is 4. The molecule has 222 valence electrons. The van der Waals surface area contributed by atoms with Crippen LogP contribution in [0.25, 0.3) is 22.0 Å². The van der Waals surface area contributed by atoms with Crippen LogP contribution in [-0.4, -0.2) is 34.6 Å². The molecular weight excluding hydrogens is 675 g/mol. The van der Waals surface area contributed by atoms with Crippen LogP contribution in [0.15, 0.2) is 88.4 Å². The molecule has 44 heavy (non-hydrogen) atoms. The molecule has 0 saturated carbocycles. The largest absolute Gasteiger partial charge is 0.490 e. The van der Waals surface area contributed by atoms with Gasteiger partial charge in [-0.1, -0.05) is 57.3 Å². The number of hydrogen-bond donors (Lipinski definition) is 2. The first-order chi connectivity index (χ1) is 21.2. The topological polar surface area (TPSA) is 136 Å². The number of hydrogen-bond acceptors (Lipinski definition) is 7. The van der Waals surface area contributed by atoms with E-state index in [-0.39, 0.29) is 35.1 Å². The quantitative estimate of drug-likeness (QED) is 0.0525. The maximum Gasteiger partial charge on any atom is 0.343 e. The molecule has 1 aromatic heterocycles. The molecule has 0 spiro atoms. The number of hydrazone groups is 1. The predicted octanol–water partition coefficient (Wildman–Crippen LogP) is 8.19. The highest BCUT2D eigenvalue weighted by atomic mass is 79.9. The lowest BCUT2D eigenvalue weighted by atomic mass is 10.0. The predicted molar refractivity (Wildman–Crippen MR) is 172 cm³/mol. The number of rotatable bonds is 9. The molecule has 0 atom stereocenters. The van der Waals surface area contributed by atoms with Gasteiger partial charge in [0.15, 0.2) is 11.5 Å². The normalized spacial score (nSPS) is 11.1. The zero-order chi connectivity index (χ0) is 31.4. The lowest BCUT2D eigenvalue weighted by molar-refractivity contribution is -0.384. The van der Waals surface area contributed by atoms with Crippen molar-refractivity contribution in [3.05, 3.63) is 120 Å². The van der Waals surface area contributed by atoms with E-state index in [4.69, 9.17) is 32.7 Å². The zero-order valence-electron chi connectivity index (χ0n) is 22.8. The fourth-order valence-electron chi connectivity index (χ4n) is 4.39. The van der Waals surface area contributed by atoms with Crippen molar-refractivity contribution >= 4 is 73.8 Å². The Morgan fingerprint density at radius 1 is 1.02 bits per heavy atom. The minimum Gasteiger partial charge on any atom is -0.490 e. The van der Waals surface area contributed by atoms with Crippen LogP contribution < -0.4 is 14.9 Å². The van der Waals surface area contributed by atoms with E-state index in [9.17, 15) is 19.7 Å². The van der Waals surface area contributed by atoms with Gasteiger partial charge in [-0.25, -0.2) is 10.2 Å². The van der Waals surface area contributed by atoms with Crippen LogP contribution in [0.4, 0.5) is 5.69 Å². The third kappa shape index (κ3) is 6.60. The molecule has 0 saturated heterocycles. The number of esters is 1. The van der Waals surface area contributed by atoms with Crippen molar-refractivity contribution in [3.8, 4) is 22.6 Å². The van der Waals surface area contributed by atoms with Crippen LogP contribution in [0.1, 0.15) is 33.3 Å². The van der Waals surface area contributed by atoms with Crippen molar-refractivity contribution in [2.24, 2.45) is 5.10 Å². The molecule has 0 radical (unpaired) electrons. The van der Waals surface area contributed by atoms with Crippen LogP contribution in [-0.2, 0) is 0 Å². The third-order valence-electron chi connectivity index (χ3n) is 6.36. The van der Waals surface area contributed by atoms with Crippen LogP contribution in [0.5, 0.6) is 11.5 Å². The van der Waals surface area contributed by atoms with E-state index < -0.39 is 16.8 Å². The minimum atomic E-state index is -0.714. The molecule has 0 aliphatic heterocycles. The van der Waals surface area contributed by atoms with E-state index in [0.29, 0.717) is 37.6 Å². The summed E-state index contributed by atoms with van der Waals surface area (Å²) in [5, 5.41) is 16.6. The van der Waals surface area contributed by atoms with Crippen LogP contribution in [0.2, 0.25) is 10.0 Å². The van der Waals surface area contributed by atoms with E-state index in [1.807, 2.05) is 18.2 Å². The van der Waals surface area contributed by atoms with Gasteiger partial charge < -0.3 is 14.5 Å². The molecule has 10 nitrogen and oxygen atoms in total. The number of halogens is 3. The van der Waals surface area contributed by atoms with Gasteiger partial charge in [0.25, 0.3) is 11.6 Å². The molecule has 5 rings (SSSR count). The van der Waals surface area contributed by atoms with E-state index in [2.05, 4.69) is 31.4 Å². The number of ether oxygens (including phenoxy) is 2. The monoisotopic (exact) mass is 694 g/mol. The zero-order valence-corrected chi connectivity index (χ0v) is 25.9. The molecule has 0 bridgehead atoms. The van der Waals surface area contributed by atoms with Gasteiger partial charge in [0.1, 0.15) is 5.69 Å². The molecule has 5 aromatic rings. The second-order valence-corrected chi connectivity index (χ2v) is 10.9. The summed E-state index contributed by atoms with van der Waals surface area (Å²) in [6, 6.07) is 20.5. The van der Waals surface area contributed by atoms with Gasteiger partial charge in [0.2, 0.25) is 0 Å². The Kier molecular flexibility index (Phi) is 9.29. The maximum absolute atomic E-state index is 13.4. The first-order valence-electron chi connectivity index (χ1n) is 13.0. The Labute approximate surface area is 268 Å². The number of nitrogens with one attached hydrogen (secondary N) is 2. The molecular formula is C31H21BrCl2N4O6. The number of nitro benzene ring substituents is 1. The van der Waals surface area contributed by atoms with Crippen molar-refractivity contribution in [2.75, 3.05) is 6.61 Å². The van der Waals surface area contributed by atoms with Crippen molar-refractivity contribution < 1.29 is 24.0 Å². The Morgan fingerprint density at radius 2 is 1.77 bits per heavy atom. The first-order valence-corrected chi connectivity index (χ1v) is 14.5. The second-order valence-electron chi connectivity index (χ2n) is 9.20. The summed E-state index contributed by atoms with van der Waals surface area (Å²) in [4.78, 5) is 39.4. The van der Waals surface area contributed by atoms with Gasteiger partial charge in [0.05, 0.1) is 33.8 Å². The fourth-order valence-corrected chi connectivity index (χ4v) is 5.48. The number of fused-ring (bicyclic) bond motifs is 1. The lowest BCUT2D eigenvalue weighted by Crippen LogP contribution is -2.19. The van der Waals surface area contributed by atoms with Crippen molar-refractivity contribution in [3.63, 3.8) is 0 Å². The molecule has 2 N–H and O–H groups in total. The third-order valence-corrected chi connectivity index (χ3v) is 7.44. The number of carbonyl (C=O) groups excluding carboxylic acids is 2. The highest BCUT2D eigenvalue weighted by molar-refractivity contribution is 9.10. The van der Waals surface area contributed by atoms with E-state index in [1.165, 1.54) is 36.5 Å². The van der Waals surface area contributed by atoms with Gasteiger partial charge in [-0.2, -0.15) is 5.10 Å². The summed E-state index contributed by atoms with van der Waals surface area (Å²) in [6.45, 7) is 2.05. The number of carbonyl (C=O) groups is 2. The number of aromatic amines is 1.